The average molecular weight is 282 g/mol. The fourth-order valence-corrected chi connectivity index (χ4v) is 1.99. The highest BCUT2D eigenvalue weighted by Gasteiger charge is 2.13. The predicted octanol–water partition coefficient (Wildman–Crippen LogP) is 2.83. The molecule has 21 heavy (non-hydrogen) atoms. The molecule has 0 unspecified atom stereocenters. The van der Waals surface area contributed by atoms with Crippen LogP contribution in [0.1, 0.15) is 23.7 Å². The Morgan fingerprint density at radius 1 is 0.952 bits per heavy atom. The van der Waals surface area contributed by atoms with Gasteiger partial charge >= 0.3 is 0 Å². The molecule has 2 amide bonds. The van der Waals surface area contributed by atoms with E-state index in [4.69, 9.17) is 0 Å². The molecule has 0 radical (unpaired) electrons. The number of nitrogens with one attached hydrogen (secondary N) is 2. The number of benzene rings is 2. The van der Waals surface area contributed by atoms with Crippen LogP contribution in [0.5, 0.6) is 0 Å². The summed E-state index contributed by atoms with van der Waals surface area (Å²) in [6.45, 7) is 1.90. The Bertz CT molecular complexity index is 597. The van der Waals surface area contributed by atoms with E-state index in [0.29, 0.717) is 5.56 Å². The predicted molar refractivity (Wildman–Crippen MR) is 83.1 cm³/mol. The van der Waals surface area contributed by atoms with Crippen LogP contribution >= 0.6 is 0 Å². The van der Waals surface area contributed by atoms with Crippen LogP contribution in [0, 0.1) is 0 Å². The molecule has 0 aliphatic rings. The fourth-order valence-electron chi connectivity index (χ4n) is 1.99. The van der Waals surface area contributed by atoms with Crippen LogP contribution in [0.15, 0.2) is 60.7 Å². The van der Waals surface area contributed by atoms with Crippen molar-refractivity contribution in [3.63, 3.8) is 0 Å². The van der Waals surface area contributed by atoms with E-state index in [1.54, 1.807) is 24.3 Å². The smallest absolute Gasteiger partial charge is 0.257 e. The number of para-hydroxylation sites is 1. The van der Waals surface area contributed by atoms with Crippen molar-refractivity contribution in [2.75, 3.05) is 5.32 Å². The van der Waals surface area contributed by atoms with Gasteiger partial charge in [-0.15, -0.1) is 0 Å². The first-order valence-electron chi connectivity index (χ1n) is 6.86. The van der Waals surface area contributed by atoms with Gasteiger partial charge in [-0.2, -0.15) is 0 Å². The molecule has 0 aromatic heterocycles. The molecular weight excluding hydrogens is 264 g/mol. The standard InChI is InChI=1S/C17H18N2O2/c1-13(18-15-10-6-3-7-11-15)12-16(20)19-17(21)14-8-4-2-5-9-14/h2-11,13,18H,12H2,1H3,(H,19,20,21)/t13-/m0/s1. The van der Waals surface area contributed by atoms with Gasteiger partial charge in [0.05, 0.1) is 0 Å². The average Bonchev–Trinajstić information content (AvgIpc) is 2.48. The largest absolute Gasteiger partial charge is 0.382 e. The van der Waals surface area contributed by atoms with E-state index in [1.807, 2.05) is 43.3 Å². The van der Waals surface area contributed by atoms with E-state index in [-0.39, 0.29) is 24.3 Å². The van der Waals surface area contributed by atoms with Gasteiger partial charge in [0.1, 0.15) is 0 Å². The van der Waals surface area contributed by atoms with E-state index in [2.05, 4.69) is 10.6 Å². The third kappa shape index (κ3) is 4.76. The number of carbonyl (C=O) groups is 2. The van der Waals surface area contributed by atoms with Gasteiger partial charge in [-0.3, -0.25) is 14.9 Å². The van der Waals surface area contributed by atoms with E-state index in [1.165, 1.54) is 0 Å². The number of imide groups is 1. The van der Waals surface area contributed by atoms with Crippen molar-refractivity contribution in [2.45, 2.75) is 19.4 Å². The number of amides is 2. The first-order valence-corrected chi connectivity index (χ1v) is 6.86. The summed E-state index contributed by atoms with van der Waals surface area (Å²) < 4.78 is 0. The minimum Gasteiger partial charge on any atom is -0.382 e. The topological polar surface area (TPSA) is 58.2 Å². The molecule has 0 aliphatic carbocycles. The van der Waals surface area contributed by atoms with E-state index >= 15 is 0 Å². The number of hydrogen-bond acceptors (Lipinski definition) is 3. The number of carbonyl (C=O) groups excluding carboxylic acids is 2. The van der Waals surface area contributed by atoms with Gasteiger partial charge in [0, 0.05) is 23.7 Å². The number of rotatable bonds is 5. The lowest BCUT2D eigenvalue weighted by atomic mass is 10.2. The summed E-state index contributed by atoms with van der Waals surface area (Å²) in [7, 11) is 0. The van der Waals surface area contributed by atoms with Crippen LogP contribution in [0.25, 0.3) is 0 Å². The lowest BCUT2D eigenvalue weighted by molar-refractivity contribution is -0.120. The van der Waals surface area contributed by atoms with Gasteiger partial charge in [-0.05, 0) is 31.2 Å². The van der Waals surface area contributed by atoms with Gasteiger partial charge in [0.2, 0.25) is 5.91 Å². The van der Waals surface area contributed by atoms with Crippen molar-refractivity contribution in [1.82, 2.24) is 5.32 Å². The summed E-state index contributed by atoms with van der Waals surface area (Å²) in [6.07, 6.45) is 0.230. The maximum atomic E-state index is 11.9. The van der Waals surface area contributed by atoms with Crippen molar-refractivity contribution >= 4 is 17.5 Å². The van der Waals surface area contributed by atoms with Crippen molar-refractivity contribution in [3.8, 4) is 0 Å². The summed E-state index contributed by atoms with van der Waals surface area (Å²) in [5.41, 5.74) is 1.43. The maximum Gasteiger partial charge on any atom is 0.257 e. The Labute approximate surface area is 124 Å². The highest BCUT2D eigenvalue weighted by molar-refractivity contribution is 6.04. The van der Waals surface area contributed by atoms with Crippen LogP contribution in [-0.2, 0) is 4.79 Å². The molecule has 2 aromatic rings. The SMILES string of the molecule is C[C@@H](CC(=O)NC(=O)c1ccccc1)Nc1ccccc1. The van der Waals surface area contributed by atoms with Crippen LogP contribution in [0.2, 0.25) is 0 Å². The fraction of sp³-hybridized carbons (Fsp3) is 0.176. The second-order valence-electron chi connectivity index (χ2n) is 4.86. The van der Waals surface area contributed by atoms with E-state index in [9.17, 15) is 9.59 Å². The molecule has 0 aliphatic heterocycles. The molecule has 0 bridgehead atoms. The van der Waals surface area contributed by atoms with Gasteiger partial charge in [0.25, 0.3) is 5.91 Å². The summed E-state index contributed by atoms with van der Waals surface area (Å²) in [6, 6.07) is 18.3. The first-order chi connectivity index (χ1) is 10.1. The molecule has 0 heterocycles. The van der Waals surface area contributed by atoms with Crippen molar-refractivity contribution in [1.29, 1.82) is 0 Å². The summed E-state index contributed by atoms with van der Waals surface area (Å²) in [5, 5.41) is 5.61. The van der Waals surface area contributed by atoms with Crippen LogP contribution in [0.4, 0.5) is 5.69 Å². The lowest BCUT2D eigenvalue weighted by Crippen LogP contribution is -2.34. The second-order valence-corrected chi connectivity index (χ2v) is 4.86. The quantitative estimate of drug-likeness (QED) is 0.886. The molecular formula is C17H18N2O2. The first kappa shape index (κ1) is 14.8. The van der Waals surface area contributed by atoms with Crippen LogP contribution in [-0.4, -0.2) is 17.9 Å². The number of hydrogen-bond donors (Lipinski definition) is 2. The van der Waals surface area contributed by atoms with Crippen LogP contribution in [0.3, 0.4) is 0 Å². The Morgan fingerprint density at radius 3 is 2.14 bits per heavy atom. The van der Waals surface area contributed by atoms with Crippen molar-refractivity contribution in [2.24, 2.45) is 0 Å². The molecule has 2 rings (SSSR count). The minimum atomic E-state index is -0.368. The third-order valence-corrected chi connectivity index (χ3v) is 2.97. The molecule has 4 heteroatoms. The van der Waals surface area contributed by atoms with E-state index < -0.39 is 0 Å². The Kier molecular flexibility index (Phi) is 5.10. The second kappa shape index (κ2) is 7.24. The Balaban J connectivity index is 1.83. The molecule has 0 fully saturated rings. The van der Waals surface area contributed by atoms with E-state index in [0.717, 1.165) is 5.69 Å². The van der Waals surface area contributed by atoms with Crippen molar-refractivity contribution < 1.29 is 9.59 Å². The molecule has 108 valence electrons. The van der Waals surface area contributed by atoms with Crippen molar-refractivity contribution in [3.05, 3.63) is 66.2 Å². The van der Waals surface area contributed by atoms with Gasteiger partial charge in [-0.1, -0.05) is 36.4 Å². The maximum absolute atomic E-state index is 11.9. The molecule has 4 nitrogen and oxygen atoms in total. The highest BCUT2D eigenvalue weighted by atomic mass is 16.2. The zero-order valence-corrected chi connectivity index (χ0v) is 11.9. The summed E-state index contributed by atoms with van der Waals surface area (Å²) in [5.74, 6) is -0.660. The zero-order chi connectivity index (χ0) is 15.1. The molecule has 0 saturated heterocycles. The Hall–Kier alpha value is -2.62. The summed E-state index contributed by atoms with van der Waals surface area (Å²) in [4.78, 5) is 23.7. The summed E-state index contributed by atoms with van der Waals surface area (Å²) >= 11 is 0. The molecule has 0 spiro atoms. The number of anilines is 1. The highest BCUT2D eigenvalue weighted by Crippen LogP contribution is 2.08. The molecule has 1 atom stereocenters. The molecule has 0 saturated carbocycles. The monoisotopic (exact) mass is 282 g/mol. The zero-order valence-electron chi connectivity index (χ0n) is 11.9. The third-order valence-electron chi connectivity index (χ3n) is 2.97. The lowest BCUT2D eigenvalue weighted by Gasteiger charge is -2.14. The minimum absolute atomic E-state index is 0.0593. The Morgan fingerprint density at radius 2 is 1.52 bits per heavy atom. The molecule has 2 aromatic carbocycles. The van der Waals surface area contributed by atoms with Gasteiger partial charge in [-0.25, -0.2) is 0 Å². The molecule has 2 N–H and O–H groups in total. The normalized spacial score (nSPS) is 11.5. The van der Waals surface area contributed by atoms with Crippen LogP contribution < -0.4 is 10.6 Å². The van der Waals surface area contributed by atoms with Gasteiger partial charge < -0.3 is 5.32 Å². The van der Waals surface area contributed by atoms with Gasteiger partial charge in [0.15, 0.2) is 0 Å².